The standard InChI is InChI=1S/C25H32FN5O3/c26-22-8-2-1-6-19(22)12-14-31-13-5-7-21(18-31)29-23-17-27-20(16-28-23)10-11-24(32)30-34-25-9-3-4-15-33-25/h1-2,6,8,10-11,16-17,21,25H,3-5,7,9,12-15,18H2,(H,28,29)(H,30,32)/t21-,25?/m1/s1. The molecule has 1 amide bonds. The first kappa shape index (κ1) is 24.3. The van der Waals surface area contributed by atoms with E-state index >= 15 is 0 Å². The first-order chi connectivity index (χ1) is 16.7. The molecule has 2 N–H and O–H groups in total. The van der Waals surface area contributed by atoms with Crippen LogP contribution in [0.5, 0.6) is 0 Å². The molecule has 182 valence electrons. The van der Waals surface area contributed by atoms with Crippen molar-refractivity contribution in [3.63, 3.8) is 0 Å². The van der Waals surface area contributed by atoms with E-state index in [1.165, 1.54) is 12.1 Å². The van der Waals surface area contributed by atoms with Crippen LogP contribution in [0.4, 0.5) is 10.2 Å². The van der Waals surface area contributed by atoms with Crippen LogP contribution in [0.2, 0.25) is 0 Å². The number of hydrogen-bond donors (Lipinski definition) is 2. The minimum atomic E-state index is -0.383. The summed E-state index contributed by atoms with van der Waals surface area (Å²) in [6, 6.07) is 7.22. The second-order valence-corrected chi connectivity index (χ2v) is 8.67. The van der Waals surface area contributed by atoms with Crippen LogP contribution in [-0.4, -0.2) is 59.3 Å². The number of aromatic nitrogens is 2. The third-order valence-corrected chi connectivity index (χ3v) is 6.02. The Morgan fingerprint density at radius 1 is 1.21 bits per heavy atom. The van der Waals surface area contributed by atoms with Gasteiger partial charge in [-0.2, -0.15) is 0 Å². The molecule has 1 aromatic carbocycles. The molecule has 2 aliphatic rings. The molecule has 2 aromatic rings. The highest BCUT2D eigenvalue weighted by Gasteiger charge is 2.20. The zero-order valence-corrected chi connectivity index (χ0v) is 19.3. The molecule has 3 heterocycles. The Hall–Kier alpha value is -2.88. The van der Waals surface area contributed by atoms with E-state index in [-0.39, 0.29) is 24.1 Å². The number of hydroxylamine groups is 1. The van der Waals surface area contributed by atoms with Crippen LogP contribution in [-0.2, 0) is 20.8 Å². The van der Waals surface area contributed by atoms with Crippen LogP contribution in [0, 0.1) is 5.82 Å². The molecule has 0 aliphatic carbocycles. The number of nitrogens with zero attached hydrogens (tertiary/aromatic N) is 3. The maximum Gasteiger partial charge on any atom is 0.267 e. The average Bonchev–Trinajstić information content (AvgIpc) is 2.87. The molecule has 2 saturated heterocycles. The highest BCUT2D eigenvalue weighted by atomic mass is 19.1. The van der Waals surface area contributed by atoms with Gasteiger partial charge in [0.25, 0.3) is 5.91 Å². The van der Waals surface area contributed by atoms with Crippen LogP contribution in [0.1, 0.15) is 43.4 Å². The minimum Gasteiger partial charge on any atom is -0.365 e. The molecule has 0 radical (unpaired) electrons. The van der Waals surface area contributed by atoms with Gasteiger partial charge in [0, 0.05) is 38.2 Å². The van der Waals surface area contributed by atoms with Crippen molar-refractivity contribution in [2.24, 2.45) is 0 Å². The third kappa shape index (κ3) is 7.58. The molecule has 0 bridgehead atoms. The summed E-state index contributed by atoms with van der Waals surface area (Å²) in [7, 11) is 0. The van der Waals surface area contributed by atoms with Crippen molar-refractivity contribution in [1.82, 2.24) is 20.3 Å². The van der Waals surface area contributed by atoms with Gasteiger partial charge < -0.3 is 15.0 Å². The maximum absolute atomic E-state index is 13.9. The SMILES string of the molecule is O=C(C=Cc1cnc(N[C@@H]2CCCN(CCc3ccccc3F)C2)cn1)NOC1CCCCO1. The summed E-state index contributed by atoms with van der Waals surface area (Å²) >= 11 is 0. The van der Waals surface area contributed by atoms with Gasteiger partial charge in [-0.05, 0) is 56.4 Å². The number of amides is 1. The smallest absolute Gasteiger partial charge is 0.267 e. The molecule has 4 rings (SSSR count). The summed E-state index contributed by atoms with van der Waals surface area (Å²) in [6.07, 6.45) is 11.5. The van der Waals surface area contributed by atoms with Crippen molar-refractivity contribution in [2.45, 2.75) is 50.9 Å². The molecule has 9 heteroatoms. The van der Waals surface area contributed by atoms with Gasteiger partial charge in [0.05, 0.1) is 18.1 Å². The molecule has 2 aliphatic heterocycles. The molecular formula is C25H32FN5O3. The lowest BCUT2D eigenvalue weighted by atomic mass is 10.0. The molecule has 8 nitrogen and oxygen atoms in total. The Balaban J connectivity index is 1.20. The van der Waals surface area contributed by atoms with Gasteiger partial charge in [0.1, 0.15) is 11.6 Å². The second kappa shape index (κ2) is 12.5. The Morgan fingerprint density at radius 2 is 2.12 bits per heavy atom. The van der Waals surface area contributed by atoms with Gasteiger partial charge in [0.2, 0.25) is 0 Å². The number of rotatable bonds is 9. The van der Waals surface area contributed by atoms with Crippen molar-refractivity contribution >= 4 is 17.8 Å². The summed E-state index contributed by atoms with van der Waals surface area (Å²) in [5.41, 5.74) is 3.71. The second-order valence-electron chi connectivity index (χ2n) is 8.67. The summed E-state index contributed by atoms with van der Waals surface area (Å²) in [5.74, 6) is 0.179. The monoisotopic (exact) mass is 469 g/mol. The lowest BCUT2D eigenvalue weighted by Crippen LogP contribution is -2.43. The number of ether oxygens (including phenoxy) is 1. The first-order valence-corrected chi connectivity index (χ1v) is 12.0. The minimum absolute atomic E-state index is 0.137. The number of carbonyl (C=O) groups is 1. The van der Waals surface area contributed by atoms with Gasteiger partial charge in [-0.15, -0.1) is 0 Å². The summed E-state index contributed by atoms with van der Waals surface area (Å²) in [6.45, 7) is 3.37. The lowest BCUT2D eigenvalue weighted by Gasteiger charge is -2.33. The molecule has 0 saturated carbocycles. The Bertz CT molecular complexity index is 950. The number of benzene rings is 1. The Labute approximate surface area is 199 Å². The average molecular weight is 470 g/mol. The van der Waals surface area contributed by atoms with E-state index in [2.05, 4.69) is 25.7 Å². The number of piperidine rings is 1. The molecule has 2 atom stereocenters. The van der Waals surface area contributed by atoms with Gasteiger partial charge >= 0.3 is 0 Å². The number of hydrogen-bond acceptors (Lipinski definition) is 7. The van der Waals surface area contributed by atoms with Crippen LogP contribution in [0.15, 0.2) is 42.7 Å². The number of halogens is 1. The molecule has 1 unspecified atom stereocenters. The summed E-state index contributed by atoms with van der Waals surface area (Å²) in [4.78, 5) is 28.3. The van der Waals surface area contributed by atoms with Crippen molar-refractivity contribution in [3.8, 4) is 0 Å². The zero-order valence-electron chi connectivity index (χ0n) is 19.3. The van der Waals surface area contributed by atoms with Crippen LogP contribution in [0.25, 0.3) is 6.08 Å². The fraction of sp³-hybridized carbons (Fsp3) is 0.480. The van der Waals surface area contributed by atoms with E-state index in [0.717, 1.165) is 57.3 Å². The fourth-order valence-electron chi connectivity index (χ4n) is 4.19. The van der Waals surface area contributed by atoms with Crippen LogP contribution >= 0.6 is 0 Å². The number of anilines is 1. The molecule has 0 spiro atoms. The first-order valence-electron chi connectivity index (χ1n) is 12.0. The molecule has 34 heavy (non-hydrogen) atoms. The summed E-state index contributed by atoms with van der Waals surface area (Å²) < 4.78 is 19.3. The van der Waals surface area contributed by atoms with Crippen molar-refractivity contribution in [1.29, 1.82) is 0 Å². The van der Waals surface area contributed by atoms with Crippen molar-refractivity contribution in [3.05, 3.63) is 59.8 Å². The van der Waals surface area contributed by atoms with Crippen molar-refractivity contribution < 1.29 is 18.8 Å². The van der Waals surface area contributed by atoms with Crippen LogP contribution in [0.3, 0.4) is 0 Å². The van der Waals surface area contributed by atoms with Gasteiger partial charge in [-0.1, -0.05) is 18.2 Å². The Kier molecular flexibility index (Phi) is 8.95. The molecular weight excluding hydrogens is 437 g/mol. The summed E-state index contributed by atoms with van der Waals surface area (Å²) in [5, 5.41) is 3.44. The predicted octanol–water partition coefficient (Wildman–Crippen LogP) is 3.32. The van der Waals surface area contributed by atoms with Gasteiger partial charge in [-0.25, -0.2) is 19.7 Å². The van der Waals surface area contributed by atoms with E-state index in [1.54, 1.807) is 24.5 Å². The van der Waals surface area contributed by atoms with E-state index in [1.807, 2.05) is 12.1 Å². The zero-order chi connectivity index (χ0) is 23.6. The van der Waals surface area contributed by atoms with Crippen molar-refractivity contribution in [2.75, 3.05) is 31.6 Å². The predicted molar refractivity (Wildman–Crippen MR) is 127 cm³/mol. The third-order valence-electron chi connectivity index (χ3n) is 6.02. The number of nitrogens with one attached hydrogen (secondary N) is 2. The highest BCUT2D eigenvalue weighted by molar-refractivity contribution is 5.90. The number of carbonyl (C=O) groups excluding carboxylic acids is 1. The van der Waals surface area contributed by atoms with E-state index in [4.69, 9.17) is 9.57 Å². The van der Waals surface area contributed by atoms with E-state index in [9.17, 15) is 9.18 Å². The fourth-order valence-corrected chi connectivity index (χ4v) is 4.19. The van der Waals surface area contributed by atoms with E-state index in [0.29, 0.717) is 24.5 Å². The van der Waals surface area contributed by atoms with E-state index < -0.39 is 0 Å². The van der Waals surface area contributed by atoms with Crippen LogP contribution < -0.4 is 10.8 Å². The number of likely N-dealkylation sites (tertiary alicyclic amines) is 1. The maximum atomic E-state index is 13.9. The highest BCUT2D eigenvalue weighted by Crippen LogP contribution is 2.16. The molecule has 1 aromatic heterocycles. The Morgan fingerprint density at radius 3 is 2.91 bits per heavy atom. The lowest BCUT2D eigenvalue weighted by molar-refractivity contribution is -0.198. The topological polar surface area (TPSA) is 88.6 Å². The quantitative estimate of drug-likeness (QED) is 0.430. The van der Waals surface area contributed by atoms with Gasteiger partial charge in [0.15, 0.2) is 6.29 Å². The molecule has 2 fully saturated rings. The largest absolute Gasteiger partial charge is 0.365 e. The van der Waals surface area contributed by atoms with Gasteiger partial charge in [-0.3, -0.25) is 9.78 Å². The normalized spacial score (nSPS) is 21.4.